The summed E-state index contributed by atoms with van der Waals surface area (Å²) in [4.78, 5) is 3.90. The van der Waals surface area contributed by atoms with E-state index in [2.05, 4.69) is 15.2 Å². The van der Waals surface area contributed by atoms with Gasteiger partial charge in [-0.25, -0.2) is 9.37 Å². The smallest absolute Gasteiger partial charge is 0.178 e. The summed E-state index contributed by atoms with van der Waals surface area (Å²) in [5.41, 5.74) is 0.691. The summed E-state index contributed by atoms with van der Waals surface area (Å²) >= 11 is 0. The molecular weight excluding hydrogens is 273 g/mol. The summed E-state index contributed by atoms with van der Waals surface area (Å²) < 4.78 is 18.8. The Morgan fingerprint density at radius 2 is 2.19 bits per heavy atom. The van der Waals surface area contributed by atoms with Crippen molar-refractivity contribution >= 4 is 0 Å². The zero-order valence-corrected chi connectivity index (χ0v) is 11.2. The minimum absolute atomic E-state index is 0.300. The quantitative estimate of drug-likeness (QED) is 0.756. The number of aliphatic hydroxyl groups excluding tert-OH is 1. The fraction of sp³-hybridized carbons (Fsp3) is 0.200. The number of hydrogen-bond acceptors (Lipinski definition) is 4. The number of H-pyrrole nitrogens is 1. The van der Waals surface area contributed by atoms with Crippen LogP contribution in [0, 0.1) is 5.82 Å². The molecule has 2 heterocycles. The number of halogens is 1. The van der Waals surface area contributed by atoms with Crippen molar-refractivity contribution in [3.05, 3.63) is 60.1 Å². The lowest BCUT2D eigenvalue weighted by Crippen LogP contribution is -2.01. The molecule has 0 aliphatic rings. The molecule has 108 valence electrons. The molecule has 0 fully saturated rings. The van der Waals surface area contributed by atoms with Crippen LogP contribution in [0.5, 0.6) is 0 Å². The van der Waals surface area contributed by atoms with Crippen LogP contribution in [0.2, 0.25) is 0 Å². The molecule has 0 aliphatic carbocycles. The van der Waals surface area contributed by atoms with E-state index in [9.17, 15) is 9.50 Å². The summed E-state index contributed by atoms with van der Waals surface area (Å²) in [6.07, 6.45) is 1.69. The van der Waals surface area contributed by atoms with Gasteiger partial charge in [-0.15, -0.1) is 0 Å². The van der Waals surface area contributed by atoms with Crippen LogP contribution in [0.3, 0.4) is 0 Å². The van der Waals surface area contributed by atoms with Gasteiger partial charge in [-0.1, -0.05) is 12.1 Å². The molecule has 0 amide bonds. The SMILES string of the molecule is OC(CCc1ccc(-c2cccc(F)c2)o1)c1nc[nH]n1. The number of rotatable bonds is 5. The molecule has 5 nitrogen and oxygen atoms in total. The molecule has 0 saturated carbocycles. The fourth-order valence-electron chi connectivity index (χ4n) is 2.10. The Labute approximate surface area is 120 Å². The molecular formula is C15H14FN3O2. The molecule has 3 aromatic rings. The molecule has 1 atom stereocenters. The highest BCUT2D eigenvalue weighted by atomic mass is 19.1. The van der Waals surface area contributed by atoms with Crippen molar-refractivity contribution in [1.82, 2.24) is 15.2 Å². The molecule has 2 N–H and O–H groups in total. The number of aryl methyl sites for hydroxylation is 1. The normalized spacial score (nSPS) is 12.5. The van der Waals surface area contributed by atoms with Crippen molar-refractivity contribution in [2.45, 2.75) is 18.9 Å². The maximum atomic E-state index is 13.2. The molecule has 0 spiro atoms. The average molecular weight is 287 g/mol. The van der Waals surface area contributed by atoms with Crippen LogP contribution in [0.15, 0.2) is 47.1 Å². The highest BCUT2D eigenvalue weighted by Crippen LogP contribution is 2.24. The number of aromatic nitrogens is 3. The van der Waals surface area contributed by atoms with Gasteiger partial charge in [0, 0.05) is 12.0 Å². The molecule has 6 heteroatoms. The molecule has 0 aliphatic heterocycles. The van der Waals surface area contributed by atoms with Crippen molar-refractivity contribution in [3.63, 3.8) is 0 Å². The largest absolute Gasteiger partial charge is 0.461 e. The van der Waals surface area contributed by atoms with Gasteiger partial charge in [-0.2, -0.15) is 5.10 Å². The first-order valence-corrected chi connectivity index (χ1v) is 6.61. The van der Waals surface area contributed by atoms with Gasteiger partial charge in [0.05, 0.1) is 0 Å². The Bertz CT molecular complexity index is 709. The van der Waals surface area contributed by atoms with Crippen molar-refractivity contribution in [2.75, 3.05) is 0 Å². The lowest BCUT2D eigenvalue weighted by Gasteiger charge is -2.04. The van der Waals surface area contributed by atoms with Crippen LogP contribution in [-0.4, -0.2) is 20.3 Å². The predicted molar refractivity (Wildman–Crippen MR) is 73.8 cm³/mol. The van der Waals surface area contributed by atoms with Crippen LogP contribution in [0.4, 0.5) is 4.39 Å². The Kier molecular flexibility index (Phi) is 3.79. The Morgan fingerprint density at radius 3 is 2.95 bits per heavy atom. The van der Waals surface area contributed by atoms with Gasteiger partial charge < -0.3 is 9.52 Å². The first-order valence-electron chi connectivity index (χ1n) is 6.61. The average Bonchev–Trinajstić information content (AvgIpc) is 3.16. The Hall–Kier alpha value is -2.47. The second-order valence-electron chi connectivity index (χ2n) is 4.69. The van der Waals surface area contributed by atoms with E-state index in [0.29, 0.717) is 30.0 Å². The van der Waals surface area contributed by atoms with Crippen molar-refractivity contribution in [1.29, 1.82) is 0 Å². The van der Waals surface area contributed by atoms with Gasteiger partial charge in [0.2, 0.25) is 0 Å². The zero-order valence-electron chi connectivity index (χ0n) is 11.2. The molecule has 1 unspecified atom stereocenters. The summed E-state index contributed by atoms with van der Waals surface area (Å²) in [5, 5.41) is 16.3. The Morgan fingerprint density at radius 1 is 1.29 bits per heavy atom. The van der Waals surface area contributed by atoms with Crippen LogP contribution < -0.4 is 0 Å². The number of nitrogens with zero attached hydrogens (tertiary/aromatic N) is 2. The first-order chi connectivity index (χ1) is 10.2. The van der Waals surface area contributed by atoms with Gasteiger partial charge in [0.25, 0.3) is 0 Å². The van der Waals surface area contributed by atoms with Gasteiger partial charge in [-0.3, -0.25) is 5.10 Å². The number of aliphatic hydroxyl groups is 1. The summed E-state index contributed by atoms with van der Waals surface area (Å²) in [7, 11) is 0. The third-order valence-electron chi connectivity index (χ3n) is 3.17. The number of nitrogens with one attached hydrogen (secondary N) is 1. The maximum absolute atomic E-state index is 13.2. The van der Waals surface area contributed by atoms with E-state index in [1.54, 1.807) is 18.2 Å². The van der Waals surface area contributed by atoms with E-state index in [1.807, 2.05) is 6.07 Å². The summed E-state index contributed by atoms with van der Waals surface area (Å²) in [6.45, 7) is 0. The second kappa shape index (κ2) is 5.88. The van der Waals surface area contributed by atoms with Gasteiger partial charge >= 0.3 is 0 Å². The highest BCUT2D eigenvalue weighted by Gasteiger charge is 2.13. The van der Waals surface area contributed by atoms with Crippen LogP contribution in [-0.2, 0) is 6.42 Å². The van der Waals surface area contributed by atoms with Crippen molar-refractivity contribution in [2.24, 2.45) is 0 Å². The van der Waals surface area contributed by atoms with Crippen molar-refractivity contribution in [3.8, 4) is 11.3 Å². The maximum Gasteiger partial charge on any atom is 0.178 e. The van der Waals surface area contributed by atoms with Crippen LogP contribution in [0.1, 0.15) is 24.1 Å². The monoisotopic (exact) mass is 287 g/mol. The van der Waals surface area contributed by atoms with Gasteiger partial charge in [0.1, 0.15) is 29.8 Å². The third kappa shape index (κ3) is 3.17. The summed E-state index contributed by atoms with van der Waals surface area (Å²) in [5.74, 6) is 1.40. The van der Waals surface area contributed by atoms with Gasteiger partial charge in [-0.05, 0) is 30.7 Å². The standard InChI is InChI=1S/C15H14FN3O2/c16-11-3-1-2-10(8-11)14-7-5-12(21-14)4-6-13(20)15-17-9-18-19-15/h1-3,5,7-9,13,20H,4,6H2,(H,17,18,19). The number of aromatic amines is 1. The van der Waals surface area contributed by atoms with E-state index in [4.69, 9.17) is 4.42 Å². The molecule has 0 bridgehead atoms. The summed E-state index contributed by atoms with van der Waals surface area (Å²) in [6, 6.07) is 9.86. The van der Waals surface area contributed by atoms with Crippen LogP contribution in [0.25, 0.3) is 11.3 Å². The minimum atomic E-state index is -0.737. The lowest BCUT2D eigenvalue weighted by molar-refractivity contribution is 0.156. The second-order valence-corrected chi connectivity index (χ2v) is 4.69. The van der Waals surface area contributed by atoms with E-state index in [-0.39, 0.29) is 5.82 Å². The van der Waals surface area contributed by atoms with E-state index < -0.39 is 6.10 Å². The molecule has 3 rings (SSSR count). The van der Waals surface area contributed by atoms with Gasteiger partial charge in [0.15, 0.2) is 5.82 Å². The highest BCUT2D eigenvalue weighted by molar-refractivity contribution is 5.57. The van der Waals surface area contributed by atoms with Crippen LogP contribution >= 0.6 is 0 Å². The number of hydrogen-bond donors (Lipinski definition) is 2. The fourth-order valence-corrected chi connectivity index (χ4v) is 2.10. The molecule has 0 radical (unpaired) electrons. The topological polar surface area (TPSA) is 74.9 Å². The number of benzene rings is 1. The minimum Gasteiger partial charge on any atom is -0.461 e. The first kappa shape index (κ1) is 13.5. The van der Waals surface area contributed by atoms with Crippen molar-refractivity contribution < 1.29 is 13.9 Å². The van der Waals surface area contributed by atoms with E-state index >= 15 is 0 Å². The zero-order chi connectivity index (χ0) is 14.7. The lowest BCUT2D eigenvalue weighted by atomic mass is 10.1. The molecule has 2 aromatic heterocycles. The molecule has 21 heavy (non-hydrogen) atoms. The predicted octanol–water partition coefficient (Wildman–Crippen LogP) is 2.87. The Balaban J connectivity index is 1.65. The van der Waals surface area contributed by atoms with E-state index in [0.717, 1.165) is 5.76 Å². The number of furan rings is 1. The molecule has 0 saturated heterocycles. The third-order valence-corrected chi connectivity index (χ3v) is 3.17. The molecule has 1 aromatic carbocycles. The van der Waals surface area contributed by atoms with E-state index in [1.165, 1.54) is 18.5 Å².